The van der Waals surface area contributed by atoms with Crippen LogP contribution in [0.5, 0.6) is 0 Å². The number of carboxylic acid groups (broad SMARTS) is 1. The van der Waals surface area contributed by atoms with Gasteiger partial charge >= 0.3 is 5.97 Å². The van der Waals surface area contributed by atoms with E-state index in [2.05, 4.69) is 16.5 Å². The Morgan fingerprint density at radius 2 is 2.17 bits per heavy atom. The molecule has 1 saturated heterocycles. The van der Waals surface area contributed by atoms with Crippen LogP contribution in [0.4, 0.5) is 0 Å². The number of benzene rings is 1. The van der Waals surface area contributed by atoms with Gasteiger partial charge in [-0.15, -0.1) is 0 Å². The summed E-state index contributed by atoms with van der Waals surface area (Å²) < 4.78 is 2.13. The molecule has 0 bridgehead atoms. The van der Waals surface area contributed by atoms with Gasteiger partial charge in [-0.2, -0.15) is 0 Å². The molecular formula is C17H21N3O3S. The molecule has 24 heavy (non-hydrogen) atoms. The molecule has 1 atom stereocenters. The molecule has 128 valence electrons. The van der Waals surface area contributed by atoms with Crippen molar-refractivity contribution in [3.8, 4) is 0 Å². The molecule has 1 N–H and O–H groups in total. The van der Waals surface area contributed by atoms with Crippen molar-refractivity contribution in [1.29, 1.82) is 0 Å². The maximum Gasteiger partial charge on any atom is 0.326 e. The highest BCUT2D eigenvalue weighted by atomic mass is 32.2. The Bertz CT molecular complexity index is 759. The molecule has 1 unspecified atom stereocenters. The number of hydrogen-bond acceptors (Lipinski definition) is 4. The second kappa shape index (κ2) is 7.25. The predicted octanol–water partition coefficient (Wildman–Crippen LogP) is 2.61. The number of hydrogen-bond donors (Lipinski definition) is 1. The summed E-state index contributed by atoms with van der Waals surface area (Å²) in [6, 6.07) is 7.26. The number of aryl methyl sites for hydroxylation is 1. The third kappa shape index (κ3) is 3.26. The van der Waals surface area contributed by atoms with E-state index in [9.17, 15) is 14.7 Å². The molecule has 0 radical (unpaired) electrons. The summed E-state index contributed by atoms with van der Waals surface area (Å²) in [6.45, 7) is 3.48. The van der Waals surface area contributed by atoms with E-state index in [1.807, 2.05) is 24.3 Å². The summed E-state index contributed by atoms with van der Waals surface area (Å²) in [4.78, 5) is 29.8. The average Bonchev–Trinajstić information content (AvgIpc) is 3.18. The van der Waals surface area contributed by atoms with Crippen LogP contribution in [-0.2, 0) is 16.1 Å². The van der Waals surface area contributed by atoms with E-state index in [0.717, 1.165) is 35.6 Å². The first-order valence-electron chi connectivity index (χ1n) is 8.22. The van der Waals surface area contributed by atoms with E-state index in [1.165, 1.54) is 16.7 Å². The predicted molar refractivity (Wildman–Crippen MR) is 93.1 cm³/mol. The molecule has 7 heteroatoms. The van der Waals surface area contributed by atoms with E-state index in [0.29, 0.717) is 13.0 Å². The Labute approximate surface area is 144 Å². The number of nitrogens with zero attached hydrogens (tertiary/aromatic N) is 3. The van der Waals surface area contributed by atoms with Gasteiger partial charge < -0.3 is 14.6 Å². The fourth-order valence-corrected chi connectivity index (χ4v) is 4.06. The Balaban J connectivity index is 1.74. The second-order valence-corrected chi connectivity index (χ2v) is 6.85. The molecule has 0 spiro atoms. The van der Waals surface area contributed by atoms with Crippen LogP contribution >= 0.6 is 11.8 Å². The van der Waals surface area contributed by atoms with Gasteiger partial charge in [0.25, 0.3) is 0 Å². The van der Waals surface area contributed by atoms with Crippen LogP contribution in [0, 0.1) is 0 Å². The number of aliphatic carboxylic acids is 1. The lowest BCUT2D eigenvalue weighted by Crippen LogP contribution is -2.41. The number of likely N-dealkylation sites (tertiary alicyclic amines) is 1. The van der Waals surface area contributed by atoms with Gasteiger partial charge in [-0.05, 0) is 31.4 Å². The standard InChI is InChI=1S/C17H21N3O3S/c1-2-9-20-13-7-4-3-6-12(13)18-17(20)24-11-15(21)19-10-5-8-14(19)16(22)23/h3-4,6-7,14H,2,5,8-11H2,1H3,(H,22,23). The molecule has 1 amide bonds. The average molecular weight is 347 g/mol. The number of imidazole rings is 1. The molecule has 3 rings (SSSR count). The zero-order valence-electron chi connectivity index (χ0n) is 13.6. The van der Waals surface area contributed by atoms with Crippen LogP contribution in [0.15, 0.2) is 29.4 Å². The fourth-order valence-electron chi connectivity index (χ4n) is 3.13. The summed E-state index contributed by atoms with van der Waals surface area (Å²) in [5, 5.41) is 10.0. The third-order valence-corrected chi connectivity index (χ3v) is 5.21. The van der Waals surface area contributed by atoms with Crippen molar-refractivity contribution in [1.82, 2.24) is 14.5 Å². The summed E-state index contributed by atoms with van der Waals surface area (Å²) in [5.41, 5.74) is 1.99. The van der Waals surface area contributed by atoms with Crippen LogP contribution < -0.4 is 0 Å². The van der Waals surface area contributed by atoms with Crippen molar-refractivity contribution >= 4 is 34.7 Å². The van der Waals surface area contributed by atoms with Gasteiger partial charge in [-0.1, -0.05) is 30.8 Å². The van der Waals surface area contributed by atoms with Crippen LogP contribution in [0.2, 0.25) is 0 Å². The van der Waals surface area contributed by atoms with Gasteiger partial charge in [0.15, 0.2) is 5.16 Å². The number of carboxylic acids is 1. The van der Waals surface area contributed by atoms with Gasteiger partial charge in [0.05, 0.1) is 16.8 Å². The lowest BCUT2D eigenvalue weighted by molar-refractivity contribution is -0.147. The number of amides is 1. The van der Waals surface area contributed by atoms with Gasteiger partial charge in [-0.25, -0.2) is 9.78 Å². The molecule has 0 aliphatic carbocycles. The first-order valence-corrected chi connectivity index (χ1v) is 9.20. The molecule has 2 aromatic rings. The summed E-state index contributed by atoms with van der Waals surface area (Å²) in [7, 11) is 0. The number of thioether (sulfide) groups is 1. The Hall–Kier alpha value is -2.02. The molecule has 1 aliphatic rings. The van der Waals surface area contributed by atoms with E-state index in [-0.39, 0.29) is 11.7 Å². The number of carbonyl (C=O) groups excluding carboxylic acids is 1. The van der Waals surface area contributed by atoms with E-state index >= 15 is 0 Å². The van der Waals surface area contributed by atoms with Gasteiger partial charge in [0.1, 0.15) is 6.04 Å². The van der Waals surface area contributed by atoms with E-state index < -0.39 is 12.0 Å². The Morgan fingerprint density at radius 1 is 1.38 bits per heavy atom. The minimum Gasteiger partial charge on any atom is -0.480 e. The first-order chi connectivity index (χ1) is 11.6. The topological polar surface area (TPSA) is 75.4 Å². The van der Waals surface area contributed by atoms with Crippen molar-refractivity contribution in [2.24, 2.45) is 0 Å². The normalized spacial score (nSPS) is 17.5. The van der Waals surface area contributed by atoms with E-state index in [4.69, 9.17) is 0 Å². The highest BCUT2D eigenvalue weighted by Gasteiger charge is 2.33. The highest BCUT2D eigenvalue weighted by Crippen LogP contribution is 2.26. The zero-order valence-corrected chi connectivity index (χ0v) is 14.5. The van der Waals surface area contributed by atoms with Crippen LogP contribution in [0.1, 0.15) is 26.2 Å². The van der Waals surface area contributed by atoms with Crippen molar-refractivity contribution in [2.45, 2.75) is 43.9 Å². The molecule has 0 saturated carbocycles. The van der Waals surface area contributed by atoms with Crippen molar-refractivity contribution < 1.29 is 14.7 Å². The zero-order chi connectivity index (χ0) is 17.1. The molecule has 1 fully saturated rings. The number of para-hydroxylation sites is 2. The summed E-state index contributed by atoms with van der Waals surface area (Å²) in [5.74, 6) is -0.819. The van der Waals surface area contributed by atoms with Gasteiger partial charge in [-0.3, -0.25) is 4.79 Å². The fraction of sp³-hybridized carbons (Fsp3) is 0.471. The lowest BCUT2D eigenvalue weighted by atomic mass is 10.2. The number of rotatable bonds is 6. The quantitative estimate of drug-likeness (QED) is 0.813. The van der Waals surface area contributed by atoms with Crippen molar-refractivity contribution in [3.05, 3.63) is 24.3 Å². The number of carbonyl (C=O) groups is 2. The maximum absolute atomic E-state index is 12.4. The van der Waals surface area contributed by atoms with Crippen LogP contribution in [0.3, 0.4) is 0 Å². The van der Waals surface area contributed by atoms with Crippen molar-refractivity contribution in [3.63, 3.8) is 0 Å². The molecule has 1 aromatic carbocycles. The van der Waals surface area contributed by atoms with E-state index in [1.54, 1.807) is 0 Å². The maximum atomic E-state index is 12.4. The molecule has 6 nitrogen and oxygen atoms in total. The molecular weight excluding hydrogens is 326 g/mol. The molecule has 2 heterocycles. The lowest BCUT2D eigenvalue weighted by Gasteiger charge is -2.21. The summed E-state index contributed by atoms with van der Waals surface area (Å²) in [6.07, 6.45) is 2.27. The number of aromatic nitrogens is 2. The Kier molecular flexibility index (Phi) is 5.08. The molecule has 1 aromatic heterocycles. The molecule has 1 aliphatic heterocycles. The van der Waals surface area contributed by atoms with Gasteiger partial charge in [0.2, 0.25) is 5.91 Å². The summed E-state index contributed by atoms with van der Waals surface area (Å²) >= 11 is 1.39. The number of fused-ring (bicyclic) bond motifs is 1. The highest BCUT2D eigenvalue weighted by molar-refractivity contribution is 7.99. The second-order valence-electron chi connectivity index (χ2n) is 5.91. The smallest absolute Gasteiger partial charge is 0.326 e. The monoisotopic (exact) mass is 347 g/mol. The van der Waals surface area contributed by atoms with Crippen LogP contribution in [0.25, 0.3) is 11.0 Å². The minimum atomic E-state index is -0.913. The Morgan fingerprint density at radius 3 is 2.92 bits per heavy atom. The third-order valence-electron chi connectivity index (χ3n) is 4.25. The van der Waals surface area contributed by atoms with Gasteiger partial charge in [0, 0.05) is 13.1 Å². The minimum absolute atomic E-state index is 0.125. The first kappa shape index (κ1) is 16.8. The van der Waals surface area contributed by atoms with Crippen molar-refractivity contribution in [2.75, 3.05) is 12.3 Å². The van der Waals surface area contributed by atoms with Crippen LogP contribution in [-0.4, -0.2) is 49.8 Å². The largest absolute Gasteiger partial charge is 0.480 e. The SMILES string of the molecule is CCCn1c(SCC(=O)N2CCCC2C(=O)O)nc2ccccc21.